The maximum atomic E-state index is 4.76. The summed E-state index contributed by atoms with van der Waals surface area (Å²) in [6, 6.07) is 8.64. The van der Waals surface area contributed by atoms with Crippen LogP contribution in [0.15, 0.2) is 29.8 Å². The highest BCUT2D eigenvalue weighted by atomic mass is 32.1. The van der Waals surface area contributed by atoms with E-state index in [-0.39, 0.29) is 0 Å². The minimum atomic E-state index is 0.532. The number of piperidine rings is 1. The Kier molecular flexibility index (Phi) is 3.28. The SMILES string of the molecule is Cc1csc(-c2ccc3cnn(C4CC5CCC(C4)N5C)c3c2)n1. The summed E-state index contributed by atoms with van der Waals surface area (Å²) in [6.45, 7) is 2.05. The van der Waals surface area contributed by atoms with Gasteiger partial charge in [-0.3, -0.25) is 4.68 Å². The molecule has 4 heterocycles. The van der Waals surface area contributed by atoms with Crippen LogP contribution in [0.5, 0.6) is 0 Å². The van der Waals surface area contributed by atoms with Crippen molar-refractivity contribution in [3.05, 3.63) is 35.5 Å². The normalized spacial score (nSPS) is 27.2. The van der Waals surface area contributed by atoms with Crippen molar-refractivity contribution in [1.29, 1.82) is 0 Å². The molecule has 5 rings (SSSR count). The Morgan fingerprint density at radius 2 is 1.92 bits per heavy atom. The molecule has 0 amide bonds. The van der Waals surface area contributed by atoms with E-state index in [1.807, 2.05) is 6.20 Å². The molecule has 2 fully saturated rings. The molecule has 24 heavy (non-hydrogen) atoms. The van der Waals surface area contributed by atoms with Crippen molar-refractivity contribution in [3.8, 4) is 10.6 Å². The molecule has 0 N–H and O–H groups in total. The van der Waals surface area contributed by atoms with Crippen molar-refractivity contribution < 1.29 is 0 Å². The first-order valence-electron chi connectivity index (χ1n) is 8.81. The quantitative estimate of drug-likeness (QED) is 0.700. The third-order valence-corrected chi connectivity index (χ3v) is 6.89. The molecule has 2 unspecified atom stereocenters. The molecule has 0 aliphatic carbocycles. The fraction of sp³-hybridized carbons (Fsp3) is 0.474. The molecule has 2 aliphatic heterocycles. The predicted molar refractivity (Wildman–Crippen MR) is 98.4 cm³/mol. The molecule has 1 aromatic carbocycles. The number of hydrogen-bond donors (Lipinski definition) is 0. The van der Waals surface area contributed by atoms with Crippen LogP contribution >= 0.6 is 11.3 Å². The van der Waals surface area contributed by atoms with Gasteiger partial charge in [0.1, 0.15) is 5.01 Å². The topological polar surface area (TPSA) is 34.0 Å². The number of rotatable bonds is 2. The van der Waals surface area contributed by atoms with Gasteiger partial charge in [0.2, 0.25) is 0 Å². The highest BCUT2D eigenvalue weighted by Crippen LogP contribution is 2.40. The fourth-order valence-electron chi connectivity index (χ4n) is 4.53. The first-order valence-corrected chi connectivity index (χ1v) is 9.69. The molecule has 2 bridgehead atoms. The van der Waals surface area contributed by atoms with Gasteiger partial charge in [0.25, 0.3) is 0 Å². The number of fused-ring (bicyclic) bond motifs is 3. The smallest absolute Gasteiger partial charge is 0.123 e. The minimum absolute atomic E-state index is 0.532. The van der Waals surface area contributed by atoms with Gasteiger partial charge < -0.3 is 4.90 Å². The number of aromatic nitrogens is 3. The van der Waals surface area contributed by atoms with Crippen LogP contribution in [0, 0.1) is 6.92 Å². The Labute approximate surface area is 146 Å². The number of thiazole rings is 1. The van der Waals surface area contributed by atoms with Gasteiger partial charge >= 0.3 is 0 Å². The predicted octanol–water partition coefficient (Wildman–Crippen LogP) is 4.27. The van der Waals surface area contributed by atoms with Crippen LogP contribution in [0.2, 0.25) is 0 Å². The molecule has 3 aromatic rings. The number of nitrogens with zero attached hydrogens (tertiary/aromatic N) is 4. The van der Waals surface area contributed by atoms with Crippen LogP contribution in [0.1, 0.15) is 37.4 Å². The number of hydrogen-bond acceptors (Lipinski definition) is 4. The summed E-state index contributed by atoms with van der Waals surface area (Å²) in [5, 5.41) is 9.22. The van der Waals surface area contributed by atoms with E-state index < -0.39 is 0 Å². The van der Waals surface area contributed by atoms with Gasteiger partial charge in [0.15, 0.2) is 0 Å². The van der Waals surface area contributed by atoms with Gasteiger partial charge in [-0.1, -0.05) is 12.1 Å². The molecule has 124 valence electrons. The van der Waals surface area contributed by atoms with E-state index in [0.717, 1.165) is 22.8 Å². The van der Waals surface area contributed by atoms with Crippen LogP contribution in [0.3, 0.4) is 0 Å². The van der Waals surface area contributed by atoms with Crippen LogP contribution in [0.4, 0.5) is 0 Å². The largest absolute Gasteiger partial charge is 0.300 e. The standard InChI is InChI=1S/C19H22N4S/c1-12-11-24-19(21-12)13-3-4-14-10-20-23(18(14)7-13)17-8-15-5-6-16(9-17)22(15)2/h3-4,7,10-11,15-17H,5-6,8-9H2,1-2H3. The molecule has 0 saturated carbocycles. The van der Waals surface area contributed by atoms with Crippen LogP contribution < -0.4 is 0 Å². The summed E-state index contributed by atoms with van der Waals surface area (Å²) in [4.78, 5) is 7.23. The van der Waals surface area contributed by atoms with Crippen molar-refractivity contribution >= 4 is 22.2 Å². The lowest BCUT2D eigenvalue weighted by Crippen LogP contribution is -2.40. The van der Waals surface area contributed by atoms with E-state index >= 15 is 0 Å². The third-order valence-electron chi connectivity index (χ3n) is 5.88. The van der Waals surface area contributed by atoms with Crippen molar-refractivity contribution in [2.24, 2.45) is 0 Å². The third kappa shape index (κ3) is 2.22. The van der Waals surface area contributed by atoms with Gasteiger partial charge in [-0.25, -0.2) is 4.98 Å². The lowest BCUT2D eigenvalue weighted by Gasteiger charge is -2.36. The van der Waals surface area contributed by atoms with E-state index in [2.05, 4.69) is 52.1 Å². The summed E-state index contributed by atoms with van der Waals surface area (Å²) in [5.74, 6) is 0. The van der Waals surface area contributed by atoms with Gasteiger partial charge in [-0.05, 0) is 45.7 Å². The Hall–Kier alpha value is -1.72. The van der Waals surface area contributed by atoms with E-state index in [4.69, 9.17) is 5.10 Å². The summed E-state index contributed by atoms with van der Waals surface area (Å²) in [7, 11) is 2.29. The molecule has 4 nitrogen and oxygen atoms in total. The molecule has 0 spiro atoms. The second-order valence-corrected chi connectivity index (χ2v) is 8.19. The highest BCUT2D eigenvalue weighted by Gasteiger charge is 2.39. The van der Waals surface area contributed by atoms with E-state index in [0.29, 0.717) is 6.04 Å². The zero-order chi connectivity index (χ0) is 16.3. The lowest BCUT2D eigenvalue weighted by molar-refractivity contribution is 0.133. The maximum Gasteiger partial charge on any atom is 0.123 e. The Morgan fingerprint density at radius 3 is 2.62 bits per heavy atom. The molecule has 0 radical (unpaired) electrons. The van der Waals surface area contributed by atoms with E-state index in [1.54, 1.807) is 11.3 Å². The minimum Gasteiger partial charge on any atom is -0.300 e. The Bertz CT molecular complexity index is 882. The summed E-state index contributed by atoms with van der Waals surface area (Å²) in [6.07, 6.45) is 7.17. The van der Waals surface area contributed by atoms with Gasteiger partial charge in [0, 0.05) is 34.1 Å². The second-order valence-electron chi connectivity index (χ2n) is 7.33. The molecule has 2 atom stereocenters. The maximum absolute atomic E-state index is 4.76. The van der Waals surface area contributed by atoms with Gasteiger partial charge in [-0.15, -0.1) is 11.3 Å². The van der Waals surface area contributed by atoms with Crippen molar-refractivity contribution in [3.63, 3.8) is 0 Å². The van der Waals surface area contributed by atoms with Crippen LogP contribution in [-0.2, 0) is 0 Å². The highest BCUT2D eigenvalue weighted by molar-refractivity contribution is 7.13. The summed E-state index contributed by atoms with van der Waals surface area (Å²) < 4.78 is 2.29. The molecular formula is C19H22N4S. The first kappa shape index (κ1) is 14.6. The number of aryl methyl sites for hydroxylation is 1. The van der Waals surface area contributed by atoms with Gasteiger partial charge in [0.05, 0.1) is 17.8 Å². The first-order chi connectivity index (χ1) is 11.7. The zero-order valence-electron chi connectivity index (χ0n) is 14.1. The zero-order valence-corrected chi connectivity index (χ0v) is 15.0. The van der Waals surface area contributed by atoms with Crippen molar-refractivity contribution in [1.82, 2.24) is 19.7 Å². The van der Waals surface area contributed by atoms with Crippen LogP contribution in [-0.4, -0.2) is 38.8 Å². The summed E-state index contributed by atoms with van der Waals surface area (Å²) >= 11 is 1.72. The van der Waals surface area contributed by atoms with E-state index in [1.165, 1.54) is 42.1 Å². The van der Waals surface area contributed by atoms with E-state index in [9.17, 15) is 0 Å². The molecule has 2 saturated heterocycles. The van der Waals surface area contributed by atoms with Gasteiger partial charge in [-0.2, -0.15) is 5.10 Å². The monoisotopic (exact) mass is 338 g/mol. The average molecular weight is 338 g/mol. The molecule has 2 aliphatic rings. The Balaban J connectivity index is 1.55. The van der Waals surface area contributed by atoms with Crippen LogP contribution in [0.25, 0.3) is 21.5 Å². The number of benzene rings is 1. The molecule has 5 heteroatoms. The lowest BCUT2D eigenvalue weighted by atomic mass is 9.98. The fourth-order valence-corrected chi connectivity index (χ4v) is 5.33. The average Bonchev–Trinajstić information content (AvgIpc) is 3.24. The van der Waals surface area contributed by atoms with Crippen molar-refractivity contribution in [2.45, 2.75) is 50.7 Å². The molecular weight excluding hydrogens is 316 g/mol. The summed E-state index contributed by atoms with van der Waals surface area (Å²) in [5.41, 5.74) is 3.56. The Morgan fingerprint density at radius 1 is 1.12 bits per heavy atom. The van der Waals surface area contributed by atoms with Crippen molar-refractivity contribution in [2.75, 3.05) is 7.05 Å². The molecule has 2 aromatic heterocycles. The second kappa shape index (κ2) is 5.39.